The third-order valence-electron chi connectivity index (χ3n) is 4.74. The predicted molar refractivity (Wildman–Crippen MR) is 125 cm³/mol. The molecule has 2 N–H and O–H groups in total. The molecule has 0 bridgehead atoms. The number of hydrogen-bond donors (Lipinski definition) is 2. The number of amides is 2. The highest BCUT2D eigenvalue weighted by Crippen LogP contribution is 2.22. The van der Waals surface area contributed by atoms with Crippen LogP contribution in [0.15, 0.2) is 60.0 Å². The molecular formula is C23H25N5O4S. The van der Waals surface area contributed by atoms with Crippen LogP contribution in [0.4, 0.5) is 5.69 Å². The summed E-state index contributed by atoms with van der Waals surface area (Å²) in [5.74, 6) is -0.804. The highest BCUT2D eigenvalue weighted by Gasteiger charge is 2.13. The van der Waals surface area contributed by atoms with E-state index in [0.29, 0.717) is 10.8 Å². The number of carbonyl (C=O) groups excluding carboxylic acids is 3. The van der Waals surface area contributed by atoms with Gasteiger partial charge in [-0.3, -0.25) is 19.0 Å². The third kappa shape index (κ3) is 6.91. The van der Waals surface area contributed by atoms with E-state index in [-0.39, 0.29) is 30.5 Å². The number of nitrogens with one attached hydrogen (secondary N) is 2. The Morgan fingerprint density at radius 3 is 2.55 bits per heavy atom. The number of thioether (sulfide) groups is 1. The van der Waals surface area contributed by atoms with Crippen LogP contribution in [-0.2, 0) is 32.0 Å². The molecule has 0 aliphatic carbocycles. The zero-order chi connectivity index (χ0) is 23.6. The number of anilines is 1. The molecule has 0 spiro atoms. The smallest absolute Gasteiger partial charge is 0.325 e. The van der Waals surface area contributed by atoms with Gasteiger partial charge in [-0.1, -0.05) is 49.0 Å². The maximum Gasteiger partial charge on any atom is 0.325 e. The Bertz CT molecular complexity index is 1110. The lowest BCUT2D eigenvalue weighted by Crippen LogP contribution is -2.31. The Labute approximate surface area is 195 Å². The van der Waals surface area contributed by atoms with E-state index in [2.05, 4.69) is 38.6 Å². The van der Waals surface area contributed by atoms with E-state index in [0.717, 1.165) is 17.7 Å². The molecule has 0 radical (unpaired) electrons. The Kier molecular flexibility index (Phi) is 8.59. The van der Waals surface area contributed by atoms with Crippen LogP contribution in [0.5, 0.6) is 0 Å². The molecule has 9 nitrogen and oxygen atoms in total. The highest BCUT2D eigenvalue weighted by molar-refractivity contribution is 7.99. The van der Waals surface area contributed by atoms with Crippen LogP contribution in [0.2, 0.25) is 0 Å². The molecule has 3 rings (SSSR count). The first kappa shape index (κ1) is 24.0. The number of rotatable bonds is 10. The van der Waals surface area contributed by atoms with E-state index >= 15 is 0 Å². The van der Waals surface area contributed by atoms with Crippen LogP contribution >= 0.6 is 11.8 Å². The Balaban J connectivity index is 1.51. The van der Waals surface area contributed by atoms with E-state index in [1.165, 1.54) is 24.4 Å². The Hall–Kier alpha value is -3.66. The average molecular weight is 468 g/mol. The summed E-state index contributed by atoms with van der Waals surface area (Å²) in [4.78, 5) is 35.4. The van der Waals surface area contributed by atoms with Crippen molar-refractivity contribution in [2.24, 2.45) is 0 Å². The number of aryl methyl sites for hydroxylation is 1. The first-order valence-electron chi connectivity index (χ1n) is 10.3. The number of carbonyl (C=O) groups is 3. The van der Waals surface area contributed by atoms with Gasteiger partial charge in [0, 0.05) is 5.69 Å². The molecule has 10 heteroatoms. The maximum atomic E-state index is 12.4. The Morgan fingerprint density at radius 1 is 1.06 bits per heavy atom. The summed E-state index contributed by atoms with van der Waals surface area (Å²) < 4.78 is 6.37. The number of ether oxygens (including phenoxy) is 1. The Morgan fingerprint density at radius 2 is 1.82 bits per heavy atom. The normalized spacial score (nSPS) is 10.5. The standard InChI is InChI=1S/C23H25N5O4S/c1-3-17-6-4-5-7-19(17)28-15-25-27-23(28)33-14-21(30)26-18-10-8-16(9-11-18)12-20(29)24-13-22(31)32-2/h4-11,15H,3,12-14H2,1-2H3,(H,24,29)(H,26,30). The van der Waals surface area contributed by atoms with Crippen LogP contribution in [0.1, 0.15) is 18.1 Å². The number of benzene rings is 2. The van der Waals surface area contributed by atoms with E-state index in [4.69, 9.17) is 0 Å². The molecule has 0 saturated carbocycles. The minimum Gasteiger partial charge on any atom is -0.468 e. The van der Waals surface area contributed by atoms with Gasteiger partial charge < -0.3 is 15.4 Å². The van der Waals surface area contributed by atoms with Crippen LogP contribution in [-0.4, -0.2) is 52.0 Å². The lowest BCUT2D eigenvalue weighted by atomic mass is 10.1. The van der Waals surface area contributed by atoms with Gasteiger partial charge in [0.1, 0.15) is 12.9 Å². The molecule has 33 heavy (non-hydrogen) atoms. The monoisotopic (exact) mass is 467 g/mol. The fourth-order valence-electron chi connectivity index (χ4n) is 3.06. The van der Waals surface area contributed by atoms with Gasteiger partial charge in [-0.25, -0.2) is 0 Å². The maximum absolute atomic E-state index is 12.4. The largest absolute Gasteiger partial charge is 0.468 e. The minimum absolute atomic E-state index is 0.121. The second kappa shape index (κ2) is 11.8. The van der Waals surface area contributed by atoms with Crippen LogP contribution in [0.3, 0.4) is 0 Å². The van der Waals surface area contributed by atoms with Gasteiger partial charge in [-0.15, -0.1) is 10.2 Å². The van der Waals surface area contributed by atoms with Crippen molar-refractivity contribution in [1.82, 2.24) is 20.1 Å². The van der Waals surface area contributed by atoms with Crippen molar-refractivity contribution in [3.8, 4) is 5.69 Å². The molecule has 0 fully saturated rings. The summed E-state index contributed by atoms with van der Waals surface area (Å²) in [7, 11) is 1.26. The third-order valence-corrected chi connectivity index (χ3v) is 5.68. The number of para-hydroxylation sites is 1. The second-order valence-electron chi connectivity index (χ2n) is 7.03. The van der Waals surface area contributed by atoms with Gasteiger partial charge in [-0.2, -0.15) is 0 Å². The first-order valence-corrected chi connectivity index (χ1v) is 11.3. The summed E-state index contributed by atoms with van der Waals surface area (Å²) in [6, 6.07) is 15.0. The van der Waals surface area contributed by atoms with Crippen LogP contribution < -0.4 is 10.6 Å². The summed E-state index contributed by atoms with van der Waals surface area (Å²) in [6.07, 6.45) is 2.65. The molecule has 0 unspecified atom stereocenters. The zero-order valence-electron chi connectivity index (χ0n) is 18.4. The van der Waals surface area contributed by atoms with Crippen molar-refractivity contribution >= 4 is 35.2 Å². The SMILES string of the molecule is CCc1ccccc1-n1cnnc1SCC(=O)Nc1ccc(CC(=O)NCC(=O)OC)cc1. The summed E-state index contributed by atoms with van der Waals surface area (Å²) in [6.45, 7) is 1.92. The highest BCUT2D eigenvalue weighted by atomic mass is 32.2. The van der Waals surface area contributed by atoms with Crippen molar-refractivity contribution in [2.75, 3.05) is 24.7 Å². The molecule has 0 aliphatic heterocycles. The molecule has 2 amide bonds. The van der Waals surface area contributed by atoms with Gasteiger partial charge in [0.2, 0.25) is 11.8 Å². The topological polar surface area (TPSA) is 115 Å². The van der Waals surface area contributed by atoms with Crippen LogP contribution in [0.25, 0.3) is 5.69 Å². The van der Waals surface area contributed by atoms with Crippen molar-refractivity contribution in [1.29, 1.82) is 0 Å². The molecular weight excluding hydrogens is 442 g/mol. The number of hydrogen-bond acceptors (Lipinski definition) is 7. The molecule has 172 valence electrons. The van der Waals surface area contributed by atoms with E-state index < -0.39 is 5.97 Å². The van der Waals surface area contributed by atoms with Crippen molar-refractivity contribution < 1.29 is 19.1 Å². The average Bonchev–Trinajstić information content (AvgIpc) is 3.31. The summed E-state index contributed by atoms with van der Waals surface area (Å²) in [5.41, 5.74) is 3.55. The summed E-state index contributed by atoms with van der Waals surface area (Å²) in [5, 5.41) is 14.1. The number of methoxy groups -OCH3 is 1. The quantitative estimate of drug-likeness (QED) is 0.347. The van der Waals surface area contributed by atoms with Gasteiger partial charge in [0.15, 0.2) is 5.16 Å². The summed E-state index contributed by atoms with van der Waals surface area (Å²) >= 11 is 1.30. The molecule has 0 atom stereocenters. The van der Waals surface area contributed by atoms with Crippen molar-refractivity contribution in [2.45, 2.75) is 24.9 Å². The lowest BCUT2D eigenvalue weighted by molar-refractivity contribution is -0.141. The van der Waals surface area contributed by atoms with Gasteiger partial charge in [-0.05, 0) is 35.7 Å². The van der Waals surface area contributed by atoms with E-state index in [1.807, 2.05) is 22.8 Å². The second-order valence-corrected chi connectivity index (χ2v) is 7.97. The lowest BCUT2D eigenvalue weighted by Gasteiger charge is -2.11. The molecule has 0 saturated heterocycles. The first-order chi connectivity index (χ1) is 16.0. The van der Waals surface area contributed by atoms with Gasteiger partial charge in [0.05, 0.1) is 25.0 Å². The number of aromatic nitrogens is 3. The predicted octanol–water partition coefficient (Wildman–Crippen LogP) is 2.39. The fourth-order valence-corrected chi connectivity index (χ4v) is 3.78. The minimum atomic E-state index is -0.507. The van der Waals surface area contributed by atoms with Crippen molar-refractivity contribution in [3.63, 3.8) is 0 Å². The number of esters is 1. The molecule has 2 aromatic carbocycles. The molecule has 3 aromatic rings. The zero-order valence-corrected chi connectivity index (χ0v) is 19.2. The number of nitrogens with zero attached hydrogens (tertiary/aromatic N) is 3. The van der Waals surface area contributed by atoms with Gasteiger partial charge >= 0.3 is 5.97 Å². The van der Waals surface area contributed by atoms with Crippen LogP contribution in [0, 0.1) is 0 Å². The fraction of sp³-hybridized carbons (Fsp3) is 0.261. The molecule has 0 aliphatic rings. The van der Waals surface area contributed by atoms with Crippen molar-refractivity contribution in [3.05, 3.63) is 66.0 Å². The van der Waals surface area contributed by atoms with Gasteiger partial charge in [0.25, 0.3) is 0 Å². The molecule has 1 heterocycles. The molecule has 1 aromatic heterocycles. The van der Waals surface area contributed by atoms with E-state index in [9.17, 15) is 14.4 Å². The van der Waals surface area contributed by atoms with E-state index in [1.54, 1.807) is 30.6 Å².